The Bertz CT molecular complexity index is 730. The van der Waals surface area contributed by atoms with Crippen LogP contribution in [-0.2, 0) is 9.59 Å². The van der Waals surface area contributed by atoms with E-state index in [-0.39, 0.29) is 17.5 Å². The van der Waals surface area contributed by atoms with E-state index in [9.17, 15) is 24.1 Å². The zero-order valence-electron chi connectivity index (χ0n) is 11.3. The standard InChI is InChI=1S/C15H11FN2O4/c16-9-3-4-10(11(6-9)18(21)22)17-14(19)12-7-1-2-8(5-7)13(12)15(17)20/h1-4,6-8,12-13H,5H2/t7-,8-,12-,13+/m0/s1. The summed E-state index contributed by atoms with van der Waals surface area (Å²) in [7, 11) is 0. The van der Waals surface area contributed by atoms with Crippen LogP contribution in [0.4, 0.5) is 15.8 Å². The number of imide groups is 1. The molecule has 7 heteroatoms. The molecule has 1 aliphatic heterocycles. The summed E-state index contributed by atoms with van der Waals surface area (Å²) in [4.78, 5) is 36.4. The van der Waals surface area contributed by atoms with Gasteiger partial charge in [0.15, 0.2) is 0 Å². The van der Waals surface area contributed by atoms with E-state index < -0.39 is 40.1 Å². The maximum absolute atomic E-state index is 13.3. The fourth-order valence-electron chi connectivity index (χ4n) is 3.97. The van der Waals surface area contributed by atoms with Gasteiger partial charge < -0.3 is 0 Å². The minimum Gasteiger partial charge on any atom is -0.274 e. The average Bonchev–Trinajstić information content (AvgIpc) is 3.14. The lowest BCUT2D eigenvalue weighted by molar-refractivity contribution is -0.384. The Morgan fingerprint density at radius 2 is 1.73 bits per heavy atom. The summed E-state index contributed by atoms with van der Waals surface area (Å²) in [5.41, 5.74) is -0.711. The van der Waals surface area contributed by atoms with Crippen LogP contribution in [-0.4, -0.2) is 16.7 Å². The molecular formula is C15H11FN2O4. The van der Waals surface area contributed by atoms with Crippen LogP contribution in [0.25, 0.3) is 0 Å². The molecule has 2 aliphatic carbocycles. The second-order valence-electron chi connectivity index (χ2n) is 5.90. The van der Waals surface area contributed by atoms with Crippen LogP contribution < -0.4 is 4.90 Å². The quantitative estimate of drug-likeness (QED) is 0.362. The Hall–Kier alpha value is -2.57. The van der Waals surface area contributed by atoms with Crippen molar-refractivity contribution in [2.24, 2.45) is 23.7 Å². The van der Waals surface area contributed by atoms with Crippen molar-refractivity contribution in [2.45, 2.75) is 6.42 Å². The predicted molar refractivity (Wildman–Crippen MR) is 73.3 cm³/mol. The van der Waals surface area contributed by atoms with E-state index in [0.29, 0.717) is 0 Å². The maximum Gasteiger partial charge on any atom is 0.296 e. The van der Waals surface area contributed by atoms with Crippen molar-refractivity contribution < 1.29 is 18.9 Å². The number of allylic oxidation sites excluding steroid dienone is 2. The number of carbonyl (C=O) groups excluding carboxylic acids is 2. The minimum absolute atomic E-state index is 0.0240. The Morgan fingerprint density at radius 1 is 1.14 bits per heavy atom. The third-order valence-corrected chi connectivity index (χ3v) is 4.85. The van der Waals surface area contributed by atoms with E-state index in [1.165, 1.54) is 0 Å². The van der Waals surface area contributed by atoms with Crippen molar-refractivity contribution in [1.82, 2.24) is 0 Å². The Morgan fingerprint density at radius 3 is 2.27 bits per heavy atom. The maximum atomic E-state index is 13.3. The van der Waals surface area contributed by atoms with Crippen LogP contribution in [0.2, 0.25) is 0 Å². The van der Waals surface area contributed by atoms with Crippen molar-refractivity contribution >= 4 is 23.2 Å². The molecule has 2 amide bonds. The molecule has 2 bridgehead atoms. The number of hydrogen-bond acceptors (Lipinski definition) is 4. The summed E-state index contributed by atoms with van der Waals surface area (Å²) in [6, 6.07) is 2.88. The van der Waals surface area contributed by atoms with Gasteiger partial charge >= 0.3 is 0 Å². The fourth-order valence-corrected chi connectivity index (χ4v) is 3.97. The lowest BCUT2D eigenvalue weighted by Gasteiger charge is -2.17. The summed E-state index contributed by atoms with van der Waals surface area (Å²) in [5, 5.41) is 11.1. The van der Waals surface area contributed by atoms with E-state index in [1.54, 1.807) is 0 Å². The summed E-state index contributed by atoms with van der Waals surface area (Å²) < 4.78 is 13.3. The van der Waals surface area contributed by atoms with Crippen LogP contribution in [0.1, 0.15) is 6.42 Å². The Labute approximate surface area is 124 Å². The van der Waals surface area contributed by atoms with Crippen molar-refractivity contribution in [1.29, 1.82) is 0 Å². The number of hydrogen-bond donors (Lipinski definition) is 0. The fraction of sp³-hybridized carbons (Fsp3) is 0.333. The van der Waals surface area contributed by atoms with Gasteiger partial charge in [-0.25, -0.2) is 9.29 Å². The molecule has 4 rings (SSSR count). The third-order valence-electron chi connectivity index (χ3n) is 4.85. The molecule has 6 nitrogen and oxygen atoms in total. The highest BCUT2D eigenvalue weighted by Gasteiger charge is 2.60. The van der Waals surface area contributed by atoms with Crippen LogP contribution in [0.5, 0.6) is 0 Å². The van der Waals surface area contributed by atoms with Gasteiger partial charge in [0.1, 0.15) is 11.5 Å². The van der Waals surface area contributed by atoms with Gasteiger partial charge in [0.2, 0.25) is 11.8 Å². The van der Waals surface area contributed by atoms with Gasteiger partial charge in [-0.2, -0.15) is 0 Å². The summed E-state index contributed by atoms with van der Waals surface area (Å²) >= 11 is 0. The smallest absolute Gasteiger partial charge is 0.274 e. The highest BCUT2D eigenvalue weighted by molar-refractivity contribution is 6.23. The number of nitrogens with zero attached hydrogens (tertiary/aromatic N) is 2. The van der Waals surface area contributed by atoms with Gasteiger partial charge in [0.25, 0.3) is 5.69 Å². The molecule has 1 aromatic rings. The van der Waals surface area contributed by atoms with Crippen molar-refractivity contribution in [3.05, 3.63) is 46.3 Å². The second kappa shape index (κ2) is 4.22. The molecule has 0 N–H and O–H groups in total. The molecule has 3 aliphatic rings. The number of carbonyl (C=O) groups is 2. The van der Waals surface area contributed by atoms with Crippen molar-refractivity contribution in [3.8, 4) is 0 Å². The number of amides is 2. The van der Waals surface area contributed by atoms with Gasteiger partial charge in [-0.05, 0) is 30.4 Å². The summed E-state index contributed by atoms with van der Waals surface area (Å²) in [6.07, 6.45) is 4.67. The van der Waals surface area contributed by atoms with Crippen molar-refractivity contribution in [3.63, 3.8) is 0 Å². The lowest BCUT2D eigenvalue weighted by atomic mass is 9.85. The number of fused-ring (bicyclic) bond motifs is 5. The molecule has 22 heavy (non-hydrogen) atoms. The van der Waals surface area contributed by atoms with Crippen LogP contribution in [0.15, 0.2) is 30.4 Å². The topological polar surface area (TPSA) is 80.5 Å². The normalized spacial score (nSPS) is 32.0. The third kappa shape index (κ3) is 1.53. The highest BCUT2D eigenvalue weighted by Crippen LogP contribution is 2.53. The molecule has 1 saturated carbocycles. The average molecular weight is 302 g/mol. The Balaban J connectivity index is 1.81. The van der Waals surface area contributed by atoms with Gasteiger partial charge in [-0.15, -0.1) is 0 Å². The molecular weight excluding hydrogens is 291 g/mol. The SMILES string of the molecule is O=C1[C@@H]2[C@H](C(=O)N1c1ccc(F)cc1[N+](=O)[O-])[C@H]1C=C[C@H]2C1. The molecule has 1 saturated heterocycles. The van der Waals surface area contributed by atoms with Crippen molar-refractivity contribution in [2.75, 3.05) is 4.90 Å². The second-order valence-corrected chi connectivity index (χ2v) is 5.90. The van der Waals surface area contributed by atoms with Gasteiger partial charge in [-0.1, -0.05) is 12.2 Å². The number of nitro benzene ring substituents is 1. The monoisotopic (exact) mass is 302 g/mol. The van der Waals surface area contributed by atoms with E-state index in [2.05, 4.69) is 0 Å². The highest BCUT2D eigenvalue weighted by atomic mass is 19.1. The van der Waals surface area contributed by atoms with Crippen LogP contribution in [0, 0.1) is 39.6 Å². The zero-order valence-corrected chi connectivity index (χ0v) is 11.3. The first-order chi connectivity index (χ1) is 10.5. The number of halogens is 1. The Kier molecular flexibility index (Phi) is 2.52. The predicted octanol–water partition coefficient (Wildman–Crippen LogP) is 2.05. The number of benzene rings is 1. The van der Waals surface area contributed by atoms with E-state index >= 15 is 0 Å². The summed E-state index contributed by atoms with van der Waals surface area (Å²) in [6.45, 7) is 0. The minimum atomic E-state index is -0.781. The van der Waals surface area contributed by atoms with Gasteiger partial charge in [0, 0.05) is 0 Å². The molecule has 0 spiro atoms. The zero-order chi connectivity index (χ0) is 15.6. The van der Waals surface area contributed by atoms with E-state index in [1.807, 2.05) is 12.2 Å². The lowest BCUT2D eigenvalue weighted by Crippen LogP contribution is -2.33. The molecule has 112 valence electrons. The van der Waals surface area contributed by atoms with Gasteiger partial charge in [0.05, 0.1) is 22.8 Å². The molecule has 2 fully saturated rings. The van der Waals surface area contributed by atoms with Crippen LogP contribution in [0.3, 0.4) is 0 Å². The van der Waals surface area contributed by atoms with Gasteiger partial charge in [-0.3, -0.25) is 19.7 Å². The number of nitro groups is 1. The first kappa shape index (κ1) is 13.1. The molecule has 1 aromatic carbocycles. The first-order valence-corrected chi connectivity index (χ1v) is 6.99. The molecule has 0 unspecified atom stereocenters. The first-order valence-electron chi connectivity index (χ1n) is 6.99. The largest absolute Gasteiger partial charge is 0.296 e. The van der Waals surface area contributed by atoms with E-state index in [0.717, 1.165) is 29.5 Å². The molecule has 0 aromatic heterocycles. The summed E-state index contributed by atoms with van der Waals surface area (Å²) in [5.74, 6) is -2.44. The number of anilines is 1. The van der Waals surface area contributed by atoms with E-state index in [4.69, 9.17) is 0 Å². The number of rotatable bonds is 2. The van der Waals surface area contributed by atoms with Crippen LogP contribution >= 0.6 is 0 Å². The molecule has 0 radical (unpaired) electrons. The molecule has 1 heterocycles. The molecule has 4 atom stereocenters.